The van der Waals surface area contributed by atoms with E-state index in [2.05, 4.69) is 52.2 Å². The van der Waals surface area contributed by atoms with Crippen molar-refractivity contribution in [2.45, 2.75) is 13.8 Å². The summed E-state index contributed by atoms with van der Waals surface area (Å²) in [7, 11) is 0. The fourth-order valence-corrected chi connectivity index (χ4v) is 2.18. The van der Waals surface area contributed by atoms with Gasteiger partial charge in [-0.1, -0.05) is 17.2 Å². The Morgan fingerprint density at radius 3 is 2.50 bits per heavy atom. The maximum absolute atomic E-state index is 5.73. The molecule has 0 amide bonds. The molecule has 0 aliphatic carbocycles. The normalized spacial score (nSPS) is 11.0. The second-order valence-corrected chi connectivity index (χ2v) is 4.44. The minimum atomic E-state index is 0.251. The molecule has 1 aromatic carbocycles. The Labute approximate surface area is 104 Å². The van der Waals surface area contributed by atoms with Gasteiger partial charge in [0.25, 0.3) is 0 Å². The number of H-pyrrole nitrogens is 1. The van der Waals surface area contributed by atoms with Gasteiger partial charge in [0.2, 0.25) is 5.95 Å². The van der Waals surface area contributed by atoms with Gasteiger partial charge in [0, 0.05) is 5.56 Å². The van der Waals surface area contributed by atoms with Crippen LogP contribution in [0.25, 0.3) is 22.3 Å². The van der Waals surface area contributed by atoms with Gasteiger partial charge < -0.3 is 5.73 Å². The summed E-state index contributed by atoms with van der Waals surface area (Å²) >= 11 is 0. The van der Waals surface area contributed by atoms with Crippen molar-refractivity contribution in [3.63, 3.8) is 0 Å². The van der Waals surface area contributed by atoms with Crippen molar-refractivity contribution in [1.82, 2.24) is 20.2 Å². The van der Waals surface area contributed by atoms with Crippen molar-refractivity contribution in [3.8, 4) is 11.3 Å². The largest absolute Gasteiger partial charge is 0.368 e. The third-order valence-electron chi connectivity index (χ3n) is 2.82. The van der Waals surface area contributed by atoms with Gasteiger partial charge in [0.1, 0.15) is 0 Å². The second kappa shape index (κ2) is 3.80. The van der Waals surface area contributed by atoms with Crippen molar-refractivity contribution < 1.29 is 0 Å². The van der Waals surface area contributed by atoms with Crippen LogP contribution in [0.15, 0.2) is 24.4 Å². The fraction of sp³-hybridized carbons (Fsp3) is 0.154. The van der Waals surface area contributed by atoms with Crippen LogP contribution in [-0.2, 0) is 0 Å². The summed E-state index contributed by atoms with van der Waals surface area (Å²) in [5.41, 5.74) is 10.6. The molecule has 0 bridgehead atoms. The average molecular weight is 239 g/mol. The predicted molar refractivity (Wildman–Crippen MR) is 71.0 cm³/mol. The highest BCUT2D eigenvalue weighted by atomic mass is 15.2. The molecule has 3 N–H and O–H groups in total. The number of nitrogens with zero attached hydrogens (tertiary/aromatic N) is 3. The molecule has 5 heteroatoms. The Morgan fingerprint density at radius 2 is 1.78 bits per heavy atom. The molecule has 18 heavy (non-hydrogen) atoms. The Bertz CT molecular complexity index is 709. The van der Waals surface area contributed by atoms with E-state index in [0.29, 0.717) is 5.65 Å². The van der Waals surface area contributed by atoms with E-state index in [1.54, 1.807) is 6.20 Å². The van der Waals surface area contributed by atoms with Crippen LogP contribution in [0.5, 0.6) is 0 Å². The summed E-state index contributed by atoms with van der Waals surface area (Å²) in [4.78, 5) is 8.45. The van der Waals surface area contributed by atoms with E-state index < -0.39 is 0 Å². The van der Waals surface area contributed by atoms with Crippen molar-refractivity contribution in [2.24, 2.45) is 0 Å². The van der Waals surface area contributed by atoms with Crippen LogP contribution in [0.1, 0.15) is 11.1 Å². The number of benzene rings is 1. The Kier molecular flexibility index (Phi) is 2.26. The van der Waals surface area contributed by atoms with E-state index in [0.717, 1.165) is 16.6 Å². The van der Waals surface area contributed by atoms with Crippen LogP contribution in [0.4, 0.5) is 5.95 Å². The van der Waals surface area contributed by atoms with Crippen LogP contribution in [0.2, 0.25) is 0 Å². The molecule has 0 spiro atoms. The zero-order chi connectivity index (χ0) is 12.7. The predicted octanol–water partition coefficient (Wildman–Crippen LogP) is 2.22. The molecule has 0 saturated heterocycles. The van der Waals surface area contributed by atoms with Crippen LogP contribution < -0.4 is 5.73 Å². The first-order valence-corrected chi connectivity index (χ1v) is 5.69. The number of hydrogen-bond acceptors (Lipinski definition) is 4. The van der Waals surface area contributed by atoms with Gasteiger partial charge in [0.05, 0.1) is 17.3 Å². The van der Waals surface area contributed by atoms with E-state index in [9.17, 15) is 0 Å². The quantitative estimate of drug-likeness (QED) is 0.682. The highest BCUT2D eigenvalue weighted by molar-refractivity contribution is 5.90. The van der Waals surface area contributed by atoms with Gasteiger partial charge in [-0.05, 0) is 26.0 Å². The lowest BCUT2D eigenvalue weighted by Gasteiger charge is -2.06. The van der Waals surface area contributed by atoms with Crippen LogP contribution >= 0.6 is 0 Å². The zero-order valence-corrected chi connectivity index (χ0v) is 10.2. The van der Waals surface area contributed by atoms with Crippen molar-refractivity contribution >= 4 is 17.0 Å². The van der Waals surface area contributed by atoms with Gasteiger partial charge in [-0.3, -0.25) is 5.10 Å². The lowest BCUT2D eigenvalue weighted by Crippen LogP contribution is -1.97. The van der Waals surface area contributed by atoms with Gasteiger partial charge >= 0.3 is 0 Å². The van der Waals surface area contributed by atoms with Gasteiger partial charge in [-0.25, -0.2) is 4.98 Å². The fourth-order valence-electron chi connectivity index (χ4n) is 2.18. The van der Waals surface area contributed by atoms with Crippen LogP contribution in [-0.4, -0.2) is 20.2 Å². The van der Waals surface area contributed by atoms with E-state index in [-0.39, 0.29) is 5.95 Å². The monoisotopic (exact) mass is 239 g/mol. The molecule has 0 aliphatic rings. The summed E-state index contributed by atoms with van der Waals surface area (Å²) in [5, 5.41) is 7.69. The van der Waals surface area contributed by atoms with Crippen molar-refractivity contribution in [2.75, 3.05) is 5.73 Å². The molecule has 0 radical (unpaired) electrons. The van der Waals surface area contributed by atoms with Crippen molar-refractivity contribution in [3.05, 3.63) is 35.5 Å². The summed E-state index contributed by atoms with van der Waals surface area (Å²) in [6.07, 6.45) is 1.72. The van der Waals surface area contributed by atoms with Crippen LogP contribution in [0.3, 0.4) is 0 Å². The first-order chi connectivity index (χ1) is 8.63. The number of nitrogens with one attached hydrogen (secondary N) is 1. The standard InChI is InChI=1S/C13H13N5/c1-7-3-8(2)5-9(4-7)11-10-6-15-18-12(10)17-13(14)16-11/h3-6H,1-2H3,(H3,14,15,16,17,18). The first kappa shape index (κ1) is 10.7. The number of nitrogen functional groups attached to an aromatic ring is 1. The molecule has 3 aromatic rings. The molecule has 0 saturated carbocycles. The molecule has 0 atom stereocenters. The molecule has 0 unspecified atom stereocenters. The second-order valence-electron chi connectivity index (χ2n) is 4.44. The van der Waals surface area contributed by atoms with Gasteiger partial charge in [-0.15, -0.1) is 0 Å². The maximum atomic E-state index is 5.73. The van der Waals surface area contributed by atoms with Gasteiger partial charge in [-0.2, -0.15) is 10.1 Å². The maximum Gasteiger partial charge on any atom is 0.222 e. The SMILES string of the molecule is Cc1cc(C)cc(-c2nc(N)nc3[nH]ncc23)c1. The molecule has 2 aromatic heterocycles. The molecule has 90 valence electrons. The Morgan fingerprint density at radius 1 is 1.06 bits per heavy atom. The smallest absolute Gasteiger partial charge is 0.222 e. The molecular formula is C13H13N5. The minimum absolute atomic E-state index is 0.251. The Hall–Kier alpha value is -2.43. The number of aromatic amines is 1. The number of aromatic nitrogens is 4. The number of fused-ring (bicyclic) bond motifs is 1. The number of nitrogens with two attached hydrogens (primary N) is 1. The molecular weight excluding hydrogens is 226 g/mol. The zero-order valence-electron chi connectivity index (χ0n) is 10.2. The third-order valence-corrected chi connectivity index (χ3v) is 2.82. The first-order valence-electron chi connectivity index (χ1n) is 5.69. The highest BCUT2D eigenvalue weighted by Crippen LogP contribution is 2.27. The molecule has 0 fully saturated rings. The summed E-state index contributed by atoms with van der Waals surface area (Å²) in [6.45, 7) is 4.13. The number of aryl methyl sites for hydroxylation is 2. The van der Waals surface area contributed by atoms with E-state index in [4.69, 9.17) is 5.73 Å². The molecule has 2 heterocycles. The number of hydrogen-bond donors (Lipinski definition) is 2. The van der Waals surface area contributed by atoms with Crippen LogP contribution in [0, 0.1) is 13.8 Å². The average Bonchev–Trinajstić information content (AvgIpc) is 2.74. The highest BCUT2D eigenvalue weighted by Gasteiger charge is 2.10. The molecule has 0 aliphatic heterocycles. The molecule has 5 nitrogen and oxygen atoms in total. The van der Waals surface area contributed by atoms with Gasteiger partial charge in [0.15, 0.2) is 5.65 Å². The lowest BCUT2D eigenvalue weighted by molar-refractivity contribution is 1.09. The summed E-state index contributed by atoms with van der Waals surface area (Å²) in [6, 6.07) is 6.29. The van der Waals surface area contributed by atoms with E-state index in [1.807, 2.05) is 0 Å². The number of rotatable bonds is 1. The molecule has 3 rings (SSSR count). The minimum Gasteiger partial charge on any atom is -0.368 e. The Balaban J connectivity index is 2.33. The summed E-state index contributed by atoms with van der Waals surface area (Å²) in [5.74, 6) is 0.251. The summed E-state index contributed by atoms with van der Waals surface area (Å²) < 4.78 is 0. The topological polar surface area (TPSA) is 80.5 Å². The van der Waals surface area contributed by atoms with E-state index >= 15 is 0 Å². The van der Waals surface area contributed by atoms with Crippen molar-refractivity contribution in [1.29, 1.82) is 0 Å². The van der Waals surface area contributed by atoms with E-state index in [1.165, 1.54) is 11.1 Å². The lowest BCUT2D eigenvalue weighted by atomic mass is 10.0. The number of anilines is 1. The third kappa shape index (κ3) is 1.69.